The molecule has 0 radical (unpaired) electrons. The standard InChI is InChI=1S/C45H30F3N5/c1-26-20-21-49-40(22-26)53-38-24-28(18-19-34(38)41-27(2)23-29(25-39(41)53)45(46,47)48)31-13-9-17-37-43(31)51-44(52(37)30-10-4-3-5-11-30)35-15-8-14-33-32-12-6-7-16-36(32)50-42(33)35/h3-25,50H,1-2H3. The number of halogens is 3. The van der Waals surface area contributed by atoms with E-state index in [9.17, 15) is 13.2 Å². The zero-order valence-corrected chi connectivity index (χ0v) is 28.7. The predicted octanol–water partition coefficient (Wildman–Crippen LogP) is 12.1. The molecule has 4 aromatic heterocycles. The summed E-state index contributed by atoms with van der Waals surface area (Å²) in [6, 6.07) is 43.4. The highest BCUT2D eigenvalue weighted by atomic mass is 19.4. The van der Waals surface area contributed by atoms with Crippen LogP contribution in [-0.4, -0.2) is 24.1 Å². The van der Waals surface area contributed by atoms with Gasteiger partial charge in [-0.05, 0) is 91.2 Å². The van der Waals surface area contributed by atoms with E-state index >= 15 is 0 Å². The van der Waals surface area contributed by atoms with Crippen molar-refractivity contribution in [2.75, 3.05) is 0 Å². The highest BCUT2D eigenvalue weighted by Crippen LogP contribution is 2.42. The molecule has 256 valence electrons. The summed E-state index contributed by atoms with van der Waals surface area (Å²) in [5, 5.41) is 3.89. The van der Waals surface area contributed by atoms with Gasteiger partial charge in [-0.1, -0.05) is 72.8 Å². The topological polar surface area (TPSA) is 51.4 Å². The molecule has 0 fully saturated rings. The van der Waals surface area contributed by atoms with Crippen molar-refractivity contribution in [3.05, 3.63) is 156 Å². The van der Waals surface area contributed by atoms with E-state index in [0.29, 0.717) is 16.9 Å². The van der Waals surface area contributed by atoms with Crippen LogP contribution in [0.2, 0.25) is 0 Å². The zero-order chi connectivity index (χ0) is 36.0. The molecule has 6 aromatic carbocycles. The third-order valence-corrected chi connectivity index (χ3v) is 10.3. The van der Waals surface area contributed by atoms with Crippen molar-refractivity contribution < 1.29 is 13.2 Å². The van der Waals surface area contributed by atoms with Crippen molar-refractivity contribution in [2.24, 2.45) is 0 Å². The van der Waals surface area contributed by atoms with Gasteiger partial charge in [-0.15, -0.1) is 0 Å². The number of benzene rings is 6. The maximum Gasteiger partial charge on any atom is 0.416 e. The van der Waals surface area contributed by atoms with Crippen LogP contribution >= 0.6 is 0 Å². The number of pyridine rings is 1. The molecule has 0 unspecified atom stereocenters. The smallest absolute Gasteiger partial charge is 0.354 e. The molecule has 0 atom stereocenters. The van der Waals surface area contributed by atoms with Crippen molar-refractivity contribution in [1.82, 2.24) is 24.1 Å². The normalized spacial score (nSPS) is 12.2. The van der Waals surface area contributed by atoms with Gasteiger partial charge in [0.25, 0.3) is 0 Å². The van der Waals surface area contributed by atoms with E-state index in [4.69, 9.17) is 4.98 Å². The third-order valence-electron chi connectivity index (χ3n) is 10.3. The fourth-order valence-electron chi connectivity index (χ4n) is 7.98. The first-order chi connectivity index (χ1) is 25.7. The summed E-state index contributed by atoms with van der Waals surface area (Å²) in [6.45, 7) is 3.69. The van der Waals surface area contributed by atoms with Crippen LogP contribution in [0.3, 0.4) is 0 Å². The van der Waals surface area contributed by atoms with Crippen LogP contribution in [0.1, 0.15) is 16.7 Å². The van der Waals surface area contributed by atoms with E-state index in [1.165, 1.54) is 12.1 Å². The monoisotopic (exact) mass is 697 g/mol. The van der Waals surface area contributed by atoms with Gasteiger partial charge in [0, 0.05) is 50.1 Å². The summed E-state index contributed by atoms with van der Waals surface area (Å²) < 4.78 is 46.6. The number of para-hydroxylation sites is 4. The van der Waals surface area contributed by atoms with Gasteiger partial charge >= 0.3 is 6.18 Å². The lowest BCUT2D eigenvalue weighted by atomic mass is 10.00. The Bertz CT molecular complexity index is 3070. The second-order valence-corrected chi connectivity index (χ2v) is 13.6. The number of aromatic amines is 1. The van der Waals surface area contributed by atoms with E-state index < -0.39 is 11.7 Å². The van der Waals surface area contributed by atoms with Crippen molar-refractivity contribution in [1.29, 1.82) is 0 Å². The SMILES string of the molecule is Cc1ccnc(-n2c3cc(-c4cccc5c4nc(-c4cccc6c4[nH]c4ccccc46)n5-c4ccccc4)ccc3c3c(C)cc(C(F)(F)F)cc32)c1. The molecule has 8 heteroatoms. The molecule has 0 saturated carbocycles. The lowest BCUT2D eigenvalue weighted by molar-refractivity contribution is -0.137. The van der Waals surface area contributed by atoms with Gasteiger partial charge in [-0.2, -0.15) is 13.2 Å². The maximum atomic E-state index is 14.2. The molecule has 10 rings (SSSR count). The Hall–Kier alpha value is -6.67. The number of hydrogen-bond donors (Lipinski definition) is 1. The lowest BCUT2D eigenvalue weighted by Crippen LogP contribution is -2.06. The molecular weight excluding hydrogens is 668 g/mol. The van der Waals surface area contributed by atoms with Crippen molar-refractivity contribution in [3.8, 4) is 34.0 Å². The number of aromatic nitrogens is 5. The van der Waals surface area contributed by atoms with E-state index in [2.05, 4.69) is 81.3 Å². The largest absolute Gasteiger partial charge is 0.416 e. The van der Waals surface area contributed by atoms with Crippen LogP contribution in [0.5, 0.6) is 0 Å². The molecule has 53 heavy (non-hydrogen) atoms. The summed E-state index contributed by atoms with van der Waals surface area (Å²) in [4.78, 5) is 13.7. The molecule has 0 aliphatic heterocycles. The fraction of sp³-hybridized carbons (Fsp3) is 0.0667. The second kappa shape index (κ2) is 11.4. The average molecular weight is 698 g/mol. The Morgan fingerprint density at radius 3 is 2.23 bits per heavy atom. The van der Waals surface area contributed by atoms with E-state index in [-0.39, 0.29) is 0 Å². The van der Waals surface area contributed by atoms with Gasteiger partial charge in [0.2, 0.25) is 0 Å². The van der Waals surface area contributed by atoms with Gasteiger partial charge in [-0.3, -0.25) is 9.13 Å². The highest BCUT2D eigenvalue weighted by molar-refractivity contribution is 6.14. The number of rotatable bonds is 4. The van der Waals surface area contributed by atoms with Crippen LogP contribution in [0.4, 0.5) is 13.2 Å². The third kappa shape index (κ3) is 4.79. The number of fused-ring (bicyclic) bond motifs is 7. The first-order valence-electron chi connectivity index (χ1n) is 17.4. The van der Waals surface area contributed by atoms with E-state index in [0.717, 1.165) is 82.9 Å². The predicted molar refractivity (Wildman–Crippen MR) is 208 cm³/mol. The number of aryl methyl sites for hydroxylation is 2. The van der Waals surface area contributed by atoms with Crippen LogP contribution in [0.25, 0.3) is 88.7 Å². The van der Waals surface area contributed by atoms with Gasteiger partial charge in [-0.25, -0.2) is 9.97 Å². The van der Waals surface area contributed by atoms with E-state index in [1.807, 2.05) is 66.1 Å². The second-order valence-electron chi connectivity index (χ2n) is 13.6. The summed E-state index contributed by atoms with van der Waals surface area (Å²) in [5.74, 6) is 1.35. The van der Waals surface area contributed by atoms with Gasteiger partial charge in [0.05, 0.1) is 33.1 Å². The summed E-state index contributed by atoms with van der Waals surface area (Å²) in [6.07, 6.45) is -2.80. The molecule has 1 N–H and O–H groups in total. The minimum Gasteiger partial charge on any atom is -0.354 e. The number of nitrogens with zero attached hydrogens (tertiary/aromatic N) is 4. The Kier molecular flexibility index (Phi) is 6.70. The van der Waals surface area contributed by atoms with Crippen LogP contribution in [-0.2, 0) is 6.18 Å². The van der Waals surface area contributed by atoms with Crippen molar-refractivity contribution in [3.63, 3.8) is 0 Å². The summed E-state index contributed by atoms with van der Waals surface area (Å²) in [5.41, 5.74) is 9.61. The Labute approximate surface area is 301 Å². The molecule has 0 amide bonds. The molecule has 5 nitrogen and oxygen atoms in total. The molecule has 0 aliphatic carbocycles. The molecule has 0 bridgehead atoms. The van der Waals surface area contributed by atoms with Crippen molar-refractivity contribution >= 4 is 54.6 Å². The van der Waals surface area contributed by atoms with Gasteiger partial charge in [0.1, 0.15) is 11.6 Å². The molecular formula is C45H30F3N5. The number of H-pyrrole nitrogens is 1. The number of alkyl halides is 3. The first-order valence-corrected chi connectivity index (χ1v) is 17.4. The zero-order valence-electron chi connectivity index (χ0n) is 28.7. The summed E-state index contributed by atoms with van der Waals surface area (Å²) >= 11 is 0. The quantitative estimate of drug-likeness (QED) is 0.199. The Morgan fingerprint density at radius 1 is 0.623 bits per heavy atom. The minimum absolute atomic E-state index is 0.461. The molecule has 0 saturated heterocycles. The van der Waals surface area contributed by atoms with Crippen LogP contribution in [0.15, 0.2) is 140 Å². The number of nitrogens with one attached hydrogen (secondary N) is 1. The van der Waals surface area contributed by atoms with Gasteiger partial charge in [0.15, 0.2) is 0 Å². The Morgan fingerprint density at radius 2 is 1.40 bits per heavy atom. The average Bonchev–Trinajstić information content (AvgIpc) is 3.84. The maximum absolute atomic E-state index is 14.2. The highest BCUT2D eigenvalue weighted by Gasteiger charge is 2.32. The number of hydrogen-bond acceptors (Lipinski definition) is 2. The molecule has 0 spiro atoms. The van der Waals surface area contributed by atoms with Crippen LogP contribution < -0.4 is 0 Å². The first kappa shape index (κ1) is 31.1. The molecule has 10 aromatic rings. The Balaban J connectivity index is 1.26. The van der Waals surface area contributed by atoms with Crippen LogP contribution in [0, 0.1) is 13.8 Å². The summed E-state index contributed by atoms with van der Waals surface area (Å²) in [7, 11) is 0. The van der Waals surface area contributed by atoms with Gasteiger partial charge < -0.3 is 4.98 Å². The van der Waals surface area contributed by atoms with E-state index in [1.54, 1.807) is 13.1 Å². The number of imidazole rings is 1. The fourth-order valence-corrected chi connectivity index (χ4v) is 7.98. The molecule has 4 heterocycles. The molecule has 0 aliphatic rings. The minimum atomic E-state index is -4.49. The van der Waals surface area contributed by atoms with Crippen molar-refractivity contribution in [2.45, 2.75) is 20.0 Å². The lowest BCUT2D eigenvalue weighted by Gasteiger charge is -2.12.